The van der Waals surface area contributed by atoms with E-state index >= 15 is 0 Å². The number of amides is 1. The monoisotopic (exact) mass is 277 g/mol. The van der Waals surface area contributed by atoms with Crippen molar-refractivity contribution in [1.29, 1.82) is 0 Å². The molecule has 0 radical (unpaired) electrons. The third kappa shape index (κ3) is 2.55. The highest BCUT2D eigenvalue weighted by molar-refractivity contribution is 5.79. The molecular weight excluding hydrogens is 258 g/mol. The highest BCUT2D eigenvalue weighted by Crippen LogP contribution is 2.30. The van der Waals surface area contributed by atoms with Gasteiger partial charge < -0.3 is 14.4 Å². The molecule has 2 aliphatic rings. The predicted molar refractivity (Wildman–Crippen MR) is 71.5 cm³/mol. The van der Waals surface area contributed by atoms with Crippen molar-refractivity contribution in [3.05, 3.63) is 12.4 Å². The van der Waals surface area contributed by atoms with E-state index in [2.05, 4.69) is 9.97 Å². The molecule has 2 fully saturated rings. The third-order valence-electron chi connectivity index (χ3n) is 4.02. The van der Waals surface area contributed by atoms with E-state index in [9.17, 15) is 4.79 Å². The van der Waals surface area contributed by atoms with Crippen molar-refractivity contribution >= 4 is 5.91 Å². The van der Waals surface area contributed by atoms with Gasteiger partial charge in [-0.1, -0.05) is 6.42 Å². The van der Waals surface area contributed by atoms with Crippen LogP contribution in [0.3, 0.4) is 0 Å². The number of carbonyl (C=O) groups is 1. The average Bonchev–Trinajstić information content (AvgIpc) is 2.86. The summed E-state index contributed by atoms with van der Waals surface area (Å²) in [6.45, 7) is 1.40. The number of hydrogen-bond acceptors (Lipinski definition) is 5. The lowest BCUT2D eigenvalue weighted by Crippen LogP contribution is -2.38. The van der Waals surface area contributed by atoms with Crippen molar-refractivity contribution in [2.75, 3.05) is 20.2 Å². The van der Waals surface area contributed by atoms with Gasteiger partial charge in [-0.05, 0) is 12.8 Å². The van der Waals surface area contributed by atoms with E-state index in [0.717, 1.165) is 25.8 Å². The standard InChI is InChI=1S/C14H19N3O3/c1-19-12-13(16-7-6-15-12)20-11-5-8-17(9-11)14(18)10-3-2-4-10/h6-7,10-11H,2-5,8-9H2,1H3. The van der Waals surface area contributed by atoms with E-state index in [1.54, 1.807) is 12.4 Å². The second-order valence-electron chi connectivity index (χ2n) is 5.31. The molecule has 1 aliphatic carbocycles. The van der Waals surface area contributed by atoms with Crippen LogP contribution in [-0.4, -0.2) is 47.1 Å². The van der Waals surface area contributed by atoms with Gasteiger partial charge in [-0.15, -0.1) is 0 Å². The van der Waals surface area contributed by atoms with Crippen molar-refractivity contribution in [2.45, 2.75) is 31.8 Å². The quantitative estimate of drug-likeness (QED) is 0.829. The van der Waals surface area contributed by atoms with Crippen LogP contribution < -0.4 is 9.47 Å². The van der Waals surface area contributed by atoms with Gasteiger partial charge in [0.1, 0.15) is 6.10 Å². The van der Waals surface area contributed by atoms with Crippen LogP contribution in [-0.2, 0) is 4.79 Å². The van der Waals surface area contributed by atoms with Crippen molar-refractivity contribution < 1.29 is 14.3 Å². The molecule has 20 heavy (non-hydrogen) atoms. The predicted octanol–water partition coefficient (Wildman–Crippen LogP) is 1.26. The molecule has 1 amide bonds. The fraction of sp³-hybridized carbons (Fsp3) is 0.643. The van der Waals surface area contributed by atoms with Gasteiger partial charge in [-0.2, -0.15) is 0 Å². The first-order valence-electron chi connectivity index (χ1n) is 7.08. The molecule has 3 rings (SSSR count). The van der Waals surface area contributed by atoms with Crippen LogP contribution in [0.5, 0.6) is 11.8 Å². The van der Waals surface area contributed by atoms with Gasteiger partial charge in [-0.3, -0.25) is 4.79 Å². The van der Waals surface area contributed by atoms with Crippen molar-refractivity contribution in [3.8, 4) is 11.8 Å². The molecule has 108 valence electrons. The first-order valence-corrected chi connectivity index (χ1v) is 7.08. The Hall–Kier alpha value is -1.85. The first kappa shape index (κ1) is 13.1. The topological polar surface area (TPSA) is 64.6 Å². The Labute approximate surface area is 118 Å². The van der Waals surface area contributed by atoms with Crippen LogP contribution in [0.2, 0.25) is 0 Å². The molecule has 1 atom stereocenters. The number of methoxy groups -OCH3 is 1. The number of carbonyl (C=O) groups excluding carboxylic acids is 1. The fourth-order valence-electron chi connectivity index (χ4n) is 2.63. The van der Waals surface area contributed by atoms with Crippen LogP contribution in [0, 0.1) is 5.92 Å². The molecular formula is C14H19N3O3. The second-order valence-corrected chi connectivity index (χ2v) is 5.31. The van der Waals surface area contributed by atoms with Gasteiger partial charge in [-0.25, -0.2) is 9.97 Å². The summed E-state index contributed by atoms with van der Waals surface area (Å²) < 4.78 is 10.9. The largest absolute Gasteiger partial charge is 0.477 e. The SMILES string of the molecule is COc1nccnc1OC1CCN(C(=O)C2CCC2)C1. The molecule has 0 N–H and O–H groups in total. The maximum Gasteiger partial charge on any atom is 0.278 e. The maximum absolute atomic E-state index is 12.2. The Morgan fingerprint density at radius 2 is 2.00 bits per heavy atom. The molecule has 0 bridgehead atoms. The number of rotatable bonds is 4. The Kier molecular flexibility index (Phi) is 3.71. The molecule has 6 heteroatoms. The van der Waals surface area contributed by atoms with Gasteiger partial charge in [0, 0.05) is 31.3 Å². The molecule has 1 aromatic heterocycles. The molecule has 1 saturated heterocycles. The number of likely N-dealkylation sites (tertiary alicyclic amines) is 1. The highest BCUT2D eigenvalue weighted by Gasteiger charge is 2.34. The minimum absolute atomic E-state index is 0.0235. The van der Waals surface area contributed by atoms with Gasteiger partial charge in [0.2, 0.25) is 5.91 Å². The van der Waals surface area contributed by atoms with E-state index in [4.69, 9.17) is 9.47 Å². The van der Waals surface area contributed by atoms with Crippen molar-refractivity contribution in [3.63, 3.8) is 0 Å². The number of ether oxygens (including phenoxy) is 2. The Morgan fingerprint density at radius 3 is 2.65 bits per heavy atom. The zero-order chi connectivity index (χ0) is 13.9. The number of aromatic nitrogens is 2. The summed E-state index contributed by atoms with van der Waals surface area (Å²) in [5.41, 5.74) is 0. The van der Waals surface area contributed by atoms with E-state index in [1.165, 1.54) is 13.5 Å². The Balaban J connectivity index is 1.58. The van der Waals surface area contributed by atoms with E-state index < -0.39 is 0 Å². The maximum atomic E-state index is 12.2. The summed E-state index contributed by atoms with van der Waals surface area (Å²) in [4.78, 5) is 22.3. The lowest BCUT2D eigenvalue weighted by molar-refractivity contribution is -0.137. The van der Waals surface area contributed by atoms with Gasteiger partial charge in [0.15, 0.2) is 0 Å². The van der Waals surface area contributed by atoms with Crippen LogP contribution in [0.15, 0.2) is 12.4 Å². The fourth-order valence-corrected chi connectivity index (χ4v) is 2.63. The smallest absolute Gasteiger partial charge is 0.278 e. The normalized spacial score (nSPS) is 22.4. The van der Waals surface area contributed by atoms with E-state index in [0.29, 0.717) is 18.3 Å². The Bertz CT molecular complexity index is 490. The van der Waals surface area contributed by atoms with Crippen molar-refractivity contribution in [2.24, 2.45) is 5.92 Å². The van der Waals surface area contributed by atoms with Gasteiger partial charge >= 0.3 is 0 Å². The van der Waals surface area contributed by atoms with Gasteiger partial charge in [0.05, 0.1) is 13.7 Å². The van der Waals surface area contributed by atoms with E-state index in [1.807, 2.05) is 4.90 Å². The summed E-state index contributed by atoms with van der Waals surface area (Å²) in [6.07, 6.45) is 7.21. The minimum atomic E-state index is -0.0235. The lowest BCUT2D eigenvalue weighted by Gasteiger charge is -2.29. The first-order chi connectivity index (χ1) is 9.78. The van der Waals surface area contributed by atoms with Gasteiger partial charge in [0.25, 0.3) is 11.8 Å². The van der Waals surface area contributed by atoms with Crippen LogP contribution in [0.4, 0.5) is 0 Å². The zero-order valence-corrected chi connectivity index (χ0v) is 11.6. The third-order valence-corrected chi connectivity index (χ3v) is 4.02. The second kappa shape index (κ2) is 5.64. The number of hydrogen-bond donors (Lipinski definition) is 0. The number of nitrogens with zero attached hydrogens (tertiary/aromatic N) is 3. The molecule has 1 saturated carbocycles. The molecule has 1 aliphatic heterocycles. The lowest BCUT2D eigenvalue weighted by atomic mass is 9.84. The molecule has 6 nitrogen and oxygen atoms in total. The van der Waals surface area contributed by atoms with Crippen molar-refractivity contribution in [1.82, 2.24) is 14.9 Å². The average molecular weight is 277 g/mol. The zero-order valence-electron chi connectivity index (χ0n) is 11.6. The summed E-state index contributed by atoms with van der Waals surface area (Å²) >= 11 is 0. The van der Waals surface area contributed by atoms with Crippen LogP contribution >= 0.6 is 0 Å². The summed E-state index contributed by atoms with van der Waals surface area (Å²) in [5.74, 6) is 1.32. The summed E-state index contributed by atoms with van der Waals surface area (Å²) in [5, 5.41) is 0. The summed E-state index contributed by atoms with van der Waals surface area (Å²) in [6, 6.07) is 0. The molecule has 1 unspecified atom stereocenters. The molecule has 0 aromatic carbocycles. The van der Waals surface area contributed by atoms with E-state index in [-0.39, 0.29) is 17.9 Å². The van der Waals surface area contributed by atoms with Crippen LogP contribution in [0.25, 0.3) is 0 Å². The summed E-state index contributed by atoms with van der Waals surface area (Å²) in [7, 11) is 1.54. The minimum Gasteiger partial charge on any atom is -0.477 e. The molecule has 2 heterocycles. The van der Waals surface area contributed by atoms with Crippen LogP contribution in [0.1, 0.15) is 25.7 Å². The molecule has 0 spiro atoms. The highest BCUT2D eigenvalue weighted by atomic mass is 16.5. The molecule has 1 aromatic rings. The Morgan fingerprint density at radius 1 is 1.25 bits per heavy atom.